The smallest absolute Gasteiger partial charge is 0.317 e. The number of urea groups is 1. The van der Waals surface area contributed by atoms with Gasteiger partial charge in [0.1, 0.15) is 12.0 Å². The summed E-state index contributed by atoms with van der Waals surface area (Å²) in [6.07, 6.45) is 1.44. The molecule has 3 N–H and O–H groups in total. The van der Waals surface area contributed by atoms with E-state index in [1.807, 2.05) is 4.90 Å². The number of carbonyl (C=O) groups excluding carboxylic acids is 1. The van der Waals surface area contributed by atoms with Crippen LogP contribution in [0.5, 0.6) is 5.88 Å². The van der Waals surface area contributed by atoms with Crippen molar-refractivity contribution in [3.8, 4) is 5.88 Å². The van der Waals surface area contributed by atoms with Crippen LogP contribution in [-0.4, -0.2) is 60.2 Å². The van der Waals surface area contributed by atoms with Crippen LogP contribution < -0.4 is 20.7 Å². The zero-order valence-corrected chi connectivity index (χ0v) is 10.7. The Hall–Kier alpha value is -2.25. The highest BCUT2D eigenvalue weighted by atomic mass is 16.5. The quantitative estimate of drug-likeness (QED) is 0.732. The first-order valence-electron chi connectivity index (χ1n) is 6.14. The second kappa shape index (κ2) is 4.45. The molecule has 1 unspecified atom stereocenters. The van der Waals surface area contributed by atoms with Crippen molar-refractivity contribution in [2.45, 2.75) is 6.04 Å². The van der Waals surface area contributed by atoms with Gasteiger partial charge in [-0.05, 0) is 0 Å². The summed E-state index contributed by atoms with van der Waals surface area (Å²) < 4.78 is 5.10. The van der Waals surface area contributed by atoms with Crippen molar-refractivity contribution in [1.82, 2.24) is 20.2 Å². The number of amides is 2. The Balaban J connectivity index is 1.83. The number of fused-ring (bicyclic) bond motifs is 1. The lowest BCUT2D eigenvalue weighted by Gasteiger charge is -2.37. The van der Waals surface area contributed by atoms with Crippen molar-refractivity contribution in [3.05, 3.63) is 6.33 Å². The first-order chi connectivity index (χ1) is 9.20. The Morgan fingerprint density at radius 3 is 3.11 bits per heavy atom. The van der Waals surface area contributed by atoms with Crippen molar-refractivity contribution in [3.63, 3.8) is 0 Å². The molecule has 3 rings (SSSR count). The van der Waals surface area contributed by atoms with Gasteiger partial charge in [-0.15, -0.1) is 0 Å². The molecule has 1 atom stereocenters. The summed E-state index contributed by atoms with van der Waals surface area (Å²) in [5, 5.41) is 2.84. The van der Waals surface area contributed by atoms with Crippen LogP contribution in [0.3, 0.4) is 0 Å². The maximum Gasteiger partial charge on any atom is 0.317 e. The number of anilines is 2. The third kappa shape index (κ3) is 1.88. The van der Waals surface area contributed by atoms with Crippen molar-refractivity contribution in [2.24, 2.45) is 0 Å². The fourth-order valence-corrected chi connectivity index (χ4v) is 2.58. The third-order valence-electron chi connectivity index (χ3n) is 3.55. The van der Waals surface area contributed by atoms with Gasteiger partial charge in [0, 0.05) is 26.2 Å². The second-order valence-electron chi connectivity index (χ2n) is 4.60. The molecule has 8 heteroatoms. The fraction of sp³-hybridized carbons (Fsp3) is 0.545. The fourth-order valence-electron chi connectivity index (χ4n) is 2.58. The van der Waals surface area contributed by atoms with E-state index in [1.54, 1.807) is 0 Å². The van der Waals surface area contributed by atoms with Crippen LogP contribution in [-0.2, 0) is 0 Å². The molecule has 2 aliphatic rings. The Bertz CT molecular complexity index is 508. The normalized spacial score (nSPS) is 22.2. The third-order valence-corrected chi connectivity index (χ3v) is 3.55. The van der Waals surface area contributed by atoms with Crippen LogP contribution in [0, 0.1) is 0 Å². The van der Waals surface area contributed by atoms with Gasteiger partial charge in [-0.25, -0.2) is 9.78 Å². The highest BCUT2D eigenvalue weighted by molar-refractivity contribution is 5.78. The summed E-state index contributed by atoms with van der Waals surface area (Å²) in [6, 6.07) is 0.180. The lowest BCUT2D eigenvalue weighted by Crippen LogP contribution is -2.52. The van der Waals surface area contributed by atoms with Crippen molar-refractivity contribution >= 4 is 17.5 Å². The lowest BCUT2D eigenvalue weighted by molar-refractivity contribution is 0.197. The van der Waals surface area contributed by atoms with Gasteiger partial charge in [0.2, 0.25) is 5.88 Å². The van der Waals surface area contributed by atoms with Gasteiger partial charge < -0.3 is 25.6 Å². The molecular weight excluding hydrogens is 248 g/mol. The maximum absolute atomic E-state index is 11.5. The molecule has 19 heavy (non-hydrogen) atoms. The van der Waals surface area contributed by atoms with E-state index in [9.17, 15) is 4.79 Å². The van der Waals surface area contributed by atoms with Gasteiger partial charge in [-0.3, -0.25) is 0 Å². The number of nitrogens with two attached hydrogens (primary N) is 1. The van der Waals surface area contributed by atoms with Gasteiger partial charge in [-0.2, -0.15) is 4.98 Å². The Morgan fingerprint density at radius 2 is 2.32 bits per heavy atom. The monoisotopic (exact) mass is 264 g/mol. The van der Waals surface area contributed by atoms with E-state index >= 15 is 0 Å². The molecule has 2 aliphatic heterocycles. The second-order valence-corrected chi connectivity index (χ2v) is 4.60. The van der Waals surface area contributed by atoms with Crippen LogP contribution in [0.2, 0.25) is 0 Å². The average Bonchev–Trinajstić information content (AvgIpc) is 2.80. The predicted molar refractivity (Wildman–Crippen MR) is 69.1 cm³/mol. The van der Waals surface area contributed by atoms with E-state index in [2.05, 4.69) is 20.2 Å². The molecule has 0 bridgehead atoms. The van der Waals surface area contributed by atoms with Gasteiger partial charge in [-0.1, -0.05) is 0 Å². The van der Waals surface area contributed by atoms with Gasteiger partial charge in [0.15, 0.2) is 5.82 Å². The standard InChI is InChI=1S/C11H16N6O2/c1-19-10-8(12)9(14-6-15-10)16-2-3-17-7(5-16)4-13-11(17)18/h6-7H,2-5,12H2,1H3,(H,13,18). The number of nitrogens with one attached hydrogen (secondary N) is 1. The minimum absolute atomic E-state index is 0.0119. The van der Waals surface area contributed by atoms with Gasteiger partial charge in [0.05, 0.1) is 13.2 Å². The van der Waals surface area contributed by atoms with E-state index in [-0.39, 0.29) is 12.1 Å². The zero-order chi connectivity index (χ0) is 13.4. The summed E-state index contributed by atoms with van der Waals surface area (Å²) in [6.45, 7) is 2.75. The molecule has 0 saturated carbocycles. The number of nitrogens with zero attached hydrogens (tertiary/aromatic N) is 4. The molecule has 102 valence electrons. The van der Waals surface area contributed by atoms with Crippen LogP contribution >= 0.6 is 0 Å². The molecule has 2 amide bonds. The van der Waals surface area contributed by atoms with Crippen molar-refractivity contribution in [1.29, 1.82) is 0 Å². The summed E-state index contributed by atoms with van der Waals surface area (Å²) >= 11 is 0. The minimum atomic E-state index is 0.0119. The number of nitrogen functional groups attached to an aromatic ring is 1. The topological polar surface area (TPSA) is 96.6 Å². The predicted octanol–water partition coefficient (Wildman–Crippen LogP) is -0.719. The molecule has 1 aromatic rings. The van der Waals surface area contributed by atoms with Gasteiger partial charge >= 0.3 is 6.03 Å². The molecule has 0 aromatic carbocycles. The van der Waals surface area contributed by atoms with Crippen LogP contribution in [0.1, 0.15) is 0 Å². The first kappa shape index (κ1) is 11.8. The molecule has 0 spiro atoms. The molecule has 0 radical (unpaired) electrons. The number of hydrogen-bond donors (Lipinski definition) is 2. The number of piperazine rings is 1. The number of methoxy groups -OCH3 is 1. The number of aromatic nitrogens is 2. The Morgan fingerprint density at radius 1 is 1.47 bits per heavy atom. The number of carbonyl (C=O) groups is 1. The Kier molecular flexibility index (Phi) is 2.77. The molecular formula is C11H16N6O2. The van der Waals surface area contributed by atoms with Gasteiger partial charge in [0.25, 0.3) is 0 Å². The molecule has 0 aliphatic carbocycles. The zero-order valence-electron chi connectivity index (χ0n) is 10.7. The number of hydrogen-bond acceptors (Lipinski definition) is 6. The maximum atomic E-state index is 11.5. The minimum Gasteiger partial charge on any atom is -0.479 e. The van der Waals surface area contributed by atoms with Crippen LogP contribution in [0.25, 0.3) is 0 Å². The van der Waals surface area contributed by atoms with E-state index in [4.69, 9.17) is 10.5 Å². The largest absolute Gasteiger partial charge is 0.479 e. The van der Waals surface area contributed by atoms with E-state index < -0.39 is 0 Å². The molecule has 3 heterocycles. The molecule has 2 fully saturated rings. The number of ether oxygens (including phenoxy) is 1. The first-order valence-corrected chi connectivity index (χ1v) is 6.14. The molecule has 2 saturated heterocycles. The van der Waals surface area contributed by atoms with E-state index in [0.29, 0.717) is 43.6 Å². The summed E-state index contributed by atoms with van der Waals surface area (Å²) in [5.74, 6) is 1.05. The van der Waals surface area contributed by atoms with E-state index in [1.165, 1.54) is 13.4 Å². The Labute approximate surface area is 110 Å². The summed E-state index contributed by atoms with van der Waals surface area (Å²) in [4.78, 5) is 23.7. The SMILES string of the molecule is COc1ncnc(N2CCN3C(=O)NCC3C2)c1N. The van der Waals surface area contributed by atoms with Crippen LogP contribution in [0.4, 0.5) is 16.3 Å². The van der Waals surface area contributed by atoms with Crippen molar-refractivity contribution < 1.29 is 9.53 Å². The summed E-state index contributed by atoms with van der Waals surface area (Å²) in [5.41, 5.74) is 6.44. The van der Waals surface area contributed by atoms with Crippen molar-refractivity contribution in [2.75, 3.05) is 43.9 Å². The van der Waals surface area contributed by atoms with Crippen LogP contribution in [0.15, 0.2) is 6.33 Å². The average molecular weight is 264 g/mol. The molecule has 8 nitrogen and oxygen atoms in total. The molecule has 1 aromatic heterocycles. The van der Waals surface area contributed by atoms with E-state index in [0.717, 1.165) is 0 Å². The highest BCUT2D eigenvalue weighted by Gasteiger charge is 2.36. The lowest BCUT2D eigenvalue weighted by atomic mass is 10.2. The summed E-state index contributed by atoms with van der Waals surface area (Å²) in [7, 11) is 1.53. The number of rotatable bonds is 2. The highest BCUT2D eigenvalue weighted by Crippen LogP contribution is 2.29.